The van der Waals surface area contributed by atoms with Gasteiger partial charge < -0.3 is 10.0 Å². The summed E-state index contributed by atoms with van der Waals surface area (Å²) in [5.74, 6) is 1.69. The van der Waals surface area contributed by atoms with Crippen LogP contribution in [0, 0.1) is 6.92 Å². The number of aryl methyl sites for hydroxylation is 1. The minimum absolute atomic E-state index is 0.199. The molecule has 0 aliphatic carbocycles. The van der Waals surface area contributed by atoms with Gasteiger partial charge in [0.1, 0.15) is 11.6 Å². The second-order valence-electron chi connectivity index (χ2n) is 7.35. The van der Waals surface area contributed by atoms with Crippen molar-refractivity contribution in [2.75, 3.05) is 11.4 Å². The van der Waals surface area contributed by atoms with E-state index in [2.05, 4.69) is 54.3 Å². The number of anilines is 1. The van der Waals surface area contributed by atoms with Crippen LogP contribution in [0.4, 0.5) is 5.82 Å². The third-order valence-corrected chi connectivity index (χ3v) is 5.41. The first-order valence-corrected chi connectivity index (χ1v) is 9.57. The molecular formula is C24H21N3O. The number of aromatic hydroxyl groups is 1. The first-order valence-electron chi connectivity index (χ1n) is 9.57. The number of nitrogens with zero attached hydrogens (tertiary/aromatic N) is 3. The third kappa shape index (κ3) is 2.87. The highest BCUT2D eigenvalue weighted by atomic mass is 16.3. The average molecular weight is 367 g/mol. The van der Waals surface area contributed by atoms with Crippen molar-refractivity contribution in [2.45, 2.75) is 19.9 Å². The number of hydrogen-bond acceptors (Lipinski definition) is 4. The summed E-state index contributed by atoms with van der Waals surface area (Å²) in [7, 11) is 0. The fourth-order valence-corrected chi connectivity index (χ4v) is 3.92. The highest BCUT2D eigenvalue weighted by Crippen LogP contribution is 2.33. The molecule has 0 spiro atoms. The summed E-state index contributed by atoms with van der Waals surface area (Å²) in [5.41, 5.74) is 5.47. The van der Waals surface area contributed by atoms with Crippen molar-refractivity contribution in [3.63, 3.8) is 0 Å². The summed E-state index contributed by atoms with van der Waals surface area (Å²) in [5, 5.41) is 11.4. The summed E-state index contributed by atoms with van der Waals surface area (Å²) in [6.45, 7) is 3.81. The monoisotopic (exact) mass is 367 g/mol. The van der Waals surface area contributed by atoms with Crippen molar-refractivity contribution in [2.24, 2.45) is 0 Å². The van der Waals surface area contributed by atoms with Crippen molar-refractivity contribution in [3.05, 3.63) is 83.4 Å². The molecule has 0 radical (unpaired) electrons. The van der Waals surface area contributed by atoms with Crippen LogP contribution >= 0.6 is 0 Å². The smallest absolute Gasteiger partial charge is 0.165 e. The van der Waals surface area contributed by atoms with Crippen LogP contribution in [0.5, 0.6) is 5.75 Å². The van der Waals surface area contributed by atoms with E-state index in [0.717, 1.165) is 41.8 Å². The summed E-state index contributed by atoms with van der Waals surface area (Å²) >= 11 is 0. The molecule has 4 aromatic rings. The SMILES string of the molecule is Cc1ccc2c(N3CCc4ccccc4C3)nc(-c3ccccc3O)nc2c1. The van der Waals surface area contributed by atoms with Crippen LogP contribution in [0.2, 0.25) is 0 Å². The lowest BCUT2D eigenvalue weighted by Gasteiger charge is -2.30. The Morgan fingerprint density at radius 3 is 2.54 bits per heavy atom. The Kier molecular flexibility index (Phi) is 3.97. The molecule has 0 bridgehead atoms. The van der Waals surface area contributed by atoms with E-state index in [1.807, 2.05) is 18.2 Å². The van der Waals surface area contributed by atoms with Gasteiger partial charge >= 0.3 is 0 Å². The molecule has 1 N–H and O–H groups in total. The number of rotatable bonds is 2. The molecule has 0 fully saturated rings. The highest BCUT2D eigenvalue weighted by molar-refractivity contribution is 5.92. The number of fused-ring (bicyclic) bond motifs is 2. The number of phenols is 1. The standard InChI is InChI=1S/C24H21N3O/c1-16-10-11-19-21(14-16)25-23(20-8-4-5-9-22(20)28)26-24(19)27-13-12-17-6-2-3-7-18(17)15-27/h2-11,14,28H,12-13,15H2,1H3. The van der Waals surface area contributed by atoms with Gasteiger partial charge in [-0.05, 0) is 54.3 Å². The zero-order chi connectivity index (χ0) is 19.1. The minimum atomic E-state index is 0.199. The number of aromatic nitrogens is 2. The Labute approximate surface area is 164 Å². The number of hydrogen-bond donors (Lipinski definition) is 1. The second kappa shape index (κ2) is 6.64. The Morgan fingerprint density at radius 1 is 0.893 bits per heavy atom. The van der Waals surface area contributed by atoms with Crippen molar-refractivity contribution in [1.29, 1.82) is 0 Å². The highest BCUT2D eigenvalue weighted by Gasteiger charge is 2.21. The summed E-state index contributed by atoms with van der Waals surface area (Å²) < 4.78 is 0. The van der Waals surface area contributed by atoms with Gasteiger partial charge in [0.2, 0.25) is 0 Å². The van der Waals surface area contributed by atoms with Gasteiger partial charge in [-0.1, -0.05) is 42.5 Å². The van der Waals surface area contributed by atoms with Gasteiger partial charge in [0.05, 0.1) is 11.1 Å². The maximum absolute atomic E-state index is 10.3. The summed E-state index contributed by atoms with van der Waals surface area (Å²) in [6, 6.07) is 22.1. The van der Waals surface area contributed by atoms with E-state index < -0.39 is 0 Å². The maximum atomic E-state index is 10.3. The quantitative estimate of drug-likeness (QED) is 0.549. The molecule has 0 unspecified atom stereocenters. The lowest BCUT2D eigenvalue weighted by atomic mass is 9.99. The summed E-state index contributed by atoms with van der Waals surface area (Å²) in [6.07, 6.45) is 0.999. The number of benzene rings is 3. The van der Waals surface area contributed by atoms with Crippen molar-refractivity contribution < 1.29 is 5.11 Å². The van der Waals surface area contributed by atoms with E-state index in [9.17, 15) is 5.11 Å². The normalized spacial score (nSPS) is 13.5. The number of phenolic OH excluding ortho intramolecular Hbond substituents is 1. The van der Waals surface area contributed by atoms with Gasteiger partial charge in [-0.25, -0.2) is 9.97 Å². The second-order valence-corrected chi connectivity index (χ2v) is 7.35. The predicted molar refractivity (Wildman–Crippen MR) is 113 cm³/mol. The first-order chi connectivity index (χ1) is 13.7. The maximum Gasteiger partial charge on any atom is 0.165 e. The molecule has 5 rings (SSSR count). The van der Waals surface area contributed by atoms with Crippen LogP contribution in [0.3, 0.4) is 0 Å². The molecule has 0 saturated heterocycles. The average Bonchev–Trinajstić information content (AvgIpc) is 2.72. The molecule has 4 heteroatoms. The van der Waals surface area contributed by atoms with Crippen LogP contribution in [0.25, 0.3) is 22.3 Å². The molecular weight excluding hydrogens is 346 g/mol. The van der Waals surface area contributed by atoms with E-state index in [-0.39, 0.29) is 5.75 Å². The van der Waals surface area contributed by atoms with Crippen LogP contribution in [-0.2, 0) is 13.0 Å². The molecule has 28 heavy (non-hydrogen) atoms. The molecule has 4 nitrogen and oxygen atoms in total. The van der Waals surface area contributed by atoms with Gasteiger partial charge in [-0.2, -0.15) is 0 Å². The Balaban J connectivity index is 1.68. The van der Waals surface area contributed by atoms with E-state index in [0.29, 0.717) is 11.4 Å². The molecule has 138 valence electrons. The Morgan fingerprint density at radius 2 is 1.68 bits per heavy atom. The first kappa shape index (κ1) is 16.8. The van der Waals surface area contributed by atoms with E-state index in [4.69, 9.17) is 9.97 Å². The lowest BCUT2D eigenvalue weighted by molar-refractivity contribution is 0.477. The molecule has 1 aromatic heterocycles. The molecule has 0 saturated carbocycles. The van der Waals surface area contributed by atoms with E-state index in [1.165, 1.54) is 11.1 Å². The van der Waals surface area contributed by atoms with E-state index in [1.54, 1.807) is 6.07 Å². The van der Waals surface area contributed by atoms with Gasteiger partial charge in [-0.15, -0.1) is 0 Å². The van der Waals surface area contributed by atoms with Gasteiger partial charge in [-0.3, -0.25) is 0 Å². The van der Waals surface area contributed by atoms with Crippen molar-refractivity contribution in [1.82, 2.24) is 9.97 Å². The van der Waals surface area contributed by atoms with Gasteiger partial charge in [0.15, 0.2) is 5.82 Å². The zero-order valence-corrected chi connectivity index (χ0v) is 15.8. The van der Waals surface area contributed by atoms with E-state index >= 15 is 0 Å². The Hall–Kier alpha value is -3.40. The Bertz CT molecular complexity index is 1190. The molecule has 1 aliphatic heterocycles. The topological polar surface area (TPSA) is 49.2 Å². The fourth-order valence-electron chi connectivity index (χ4n) is 3.92. The minimum Gasteiger partial charge on any atom is -0.507 e. The molecule has 0 amide bonds. The zero-order valence-electron chi connectivity index (χ0n) is 15.8. The fraction of sp³-hybridized carbons (Fsp3) is 0.167. The summed E-state index contributed by atoms with van der Waals surface area (Å²) in [4.78, 5) is 12.0. The van der Waals surface area contributed by atoms with Crippen LogP contribution in [-0.4, -0.2) is 21.6 Å². The largest absolute Gasteiger partial charge is 0.507 e. The van der Waals surface area contributed by atoms with Gasteiger partial charge in [0.25, 0.3) is 0 Å². The van der Waals surface area contributed by atoms with Crippen LogP contribution < -0.4 is 4.90 Å². The molecule has 2 heterocycles. The predicted octanol–water partition coefficient (Wildman–Crippen LogP) is 4.87. The van der Waals surface area contributed by atoms with Crippen LogP contribution in [0.15, 0.2) is 66.7 Å². The van der Waals surface area contributed by atoms with Crippen molar-refractivity contribution >= 4 is 16.7 Å². The molecule has 0 atom stereocenters. The van der Waals surface area contributed by atoms with Gasteiger partial charge in [0, 0.05) is 18.5 Å². The third-order valence-electron chi connectivity index (χ3n) is 5.41. The lowest BCUT2D eigenvalue weighted by Crippen LogP contribution is -2.31. The number of para-hydroxylation sites is 1. The molecule has 1 aliphatic rings. The van der Waals surface area contributed by atoms with Crippen molar-refractivity contribution in [3.8, 4) is 17.1 Å². The van der Waals surface area contributed by atoms with Crippen LogP contribution in [0.1, 0.15) is 16.7 Å². The molecule has 3 aromatic carbocycles.